The minimum absolute atomic E-state index is 0.379. The van der Waals surface area contributed by atoms with Crippen LogP contribution in [0.3, 0.4) is 0 Å². The Morgan fingerprint density at radius 2 is 2.36 bits per heavy atom. The van der Waals surface area contributed by atoms with Gasteiger partial charge in [-0.1, -0.05) is 0 Å². The monoisotopic (exact) mass is 148 g/mol. The first kappa shape index (κ1) is 7.48. The van der Waals surface area contributed by atoms with Crippen molar-refractivity contribution in [1.29, 1.82) is 5.26 Å². The Morgan fingerprint density at radius 3 is 2.82 bits per heavy atom. The molecule has 1 aromatic rings. The van der Waals surface area contributed by atoms with Crippen molar-refractivity contribution in [3.63, 3.8) is 0 Å². The third-order valence-corrected chi connectivity index (χ3v) is 1.31. The Bertz CT molecular complexity index is 300. The second-order valence-corrected chi connectivity index (χ2v) is 2.05. The van der Waals surface area contributed by atoms with E-state index in [9.17, 15) is 0 Å². The van der Waals surface area contributed by atoms with Gasteiger partial charge in [-0.2, -0.15) is 5.26 Å². The fourth-order valence-corrected chi connectivity index (χ4v) is 0.712. The number of hydrogen-bond acceptors (Lipinski definition) is 4. The number of nitrogens with zero attached hydrogens (tertiary/aromatic N) is 3. The van der Waals surface area contributed by atoms with E-state index in [1.54, 1.807) is 14.0 Å². The van der Waals surface area contributed by atoms with Crippen molar-refractivity contribution in [1.82, 2.24) is 9.97 Å². The molecule has 0 aliphatic rings. The van der Waals surface area contributed by atoms with Crippen molar-refractivity contribution < 1.29 is 0 Å². The van der Waals surface area contributed by atoms with Gasteiger partial charge in [0.05, 0.1) is 11.9 Å². The Morgan fingerprint density at radius 1 is 1.64 bits per heavy atom. The van der Waals surface area contributed by atoms with Gasteiger partial charge >= 0.3 is 0 Å². The molecule has 0 fully saturated rings. The third kappa shape index (κ3) is 1.44. The van der Waals surface area contributed by atoms with Crippen LogP contribution < -0.4 is 5.32 Å². The number of anilines is 1. The van der Waals surface area contributed by atoms with Crippen molar-refractivity contribution in [2.45, 2.75) is 6.92 Å². The second-order valence-electron chi connectivity index (χ2n) is 2.05. The topological polar surface area (TPSA) is 61.6 Å². The van der Waals surface area contributed by atoms with Crippen molar-refractivity contribution in [3.05, 3.63) is 17.6 Å². The van der Waals surface area contributed by atoms with Crippen LogP contribution in [0, 0.1) is 18.3 Å². The molecule has 0 radical (unpaired) electrons. The minimum Gasteiger partial charge on any atom is -0.372 e. The second kappa shape index (κ2) is 2.97. The Labute approximate surface area is 64.9 Å². The molecule has 0 saturated heterocycles. The van der Waals surface area contributed by atoms with E-state index in [1.807, 2.05) is 6.07 Å². The standard InChI is InChI=1S/C7H8N4/c1-5-6(3-8)10-4-7(9-2)11-5/h4H,1-2H3,(H,9,11). The zero-order valence-electron chi connectivity index (χ0n) is 6.42. The Hall–Kier alpha value is -1.63. The molecule has 0 saturated carbocycles. The van der Waals surface area contributed by atoms with Crippen LogP contribution in [0.1, 0.15) is 11.4 Å². The molecule has 56 valence electrons. The van der Waals surface area contributed by atoms with Crippen LogP contribution in [0.15, 0.2) is 6.20 Å². The van der Waals surface area contributed by atoms with Crippen LogP contribution >= 0.6 is 0 Å². The quantitative estimate of drug-likeness (QED) is 0.636. The average molecular weight is 148 g/mol. The van der Waals surface area contributed by atoms with Crippen LogP contribution in [0.4, 0.5) is 5.82 Å². The molecule has 1 rings (SSSR count). The smallest absolute Gasteiger partial charge is 0.161 e. The molecule has 0 unspecified atom stereocenters. The third-order valence-electron chi connectivity index (χ3n) is 1.31. The highest BCUT2D eigenvalue weighted by Gasteiger charge is 1.99. The molecule has 0 aromatic carbocycles. The highest BCUT2D eigenvalue weighted by Crippen LogP contribution is 2.03. The van der Waals surface area contributed by atoms with Gasteiger partial charge < -0.3 is 5.32 Å². The largest absolute Gasteiger partial charge is 0.372 e. The molecule has 0 aliphatic carbocycles. The maximum absolute atomic E-state index is 8.51. The first-order chi connectivity index (χ1) is 5.27. The van der Waals surface area contributed by atoms with Crippen LogP contribution in [0.25, 0.3) is 0 Å². The van der Waals surface area contributed by atoms with E-state index in [0.717, 1.165) is 0 Å². The lowest BCUT2D eigenvalue weighted by Crippen LogP contribution is -1.98. The highest BCUT2D eigenvalue weighted by molar-refractivity contribution is 5.35. The van der Waals surface area contributed by atoms with Gasteiger partial charge in [-0.25, -0.2) is 9.97 Å². The van der Waals surface area contributed by atoms with E-state index >= 15 is 0 Å². The summed E-state index contributed by atoms with van der Waals surface area (Å²) in [5, 5.41) is 11.3. The zero-order valence-corrected chi connectivity index (χ0v) is 6.42. The van der Waals surface area contributed by atoms with Gasteiger partial charge in [0, 0.05) is 7.05 Å². The lowest BCUT2D eigenvalue weighted by atomic mass is 10.3. The summed E-state index contributed by atoms with van der Waals surface area (Å²) < 4.78 is 0. The lowest BCUT2D eigenvalue weighted by molar-refractivity contribution is 1.08. The molecule has 1 heterocycles. The van der Waals surface area contributed by atoms with Gasteiger partial charge in [0.1, 0.15) is 11.9 Å². The fourth-order valence-electron chi connectivity index (χ4n) is 0.712. The number of nitriles is 1. The molecular formula is C7H8N4. The molecule has 0 atom stereocenters. The van der Waals surface area contributed by atoms with E-state index in [4.69, 9.17) is 5.26 Å². The molecule has 1 N–H and O–H groups in total. The summed E-state index contributed by atoms with van der Waals surface area (Å²) in [6.45, 7) is 1.76. The zero-order chi connectivity index (χ0) is 8.27. The number of nitrogens with one attached hydrogen (secondary N) is 1. The van der Waals surface area contributed by atoms with E-state index in [-0.39, 0.29) is 0 Å². The van der Waals surface area contributed by atoms with Crippen molar-refractivity contribution >= 4 is 5.82 Å². The van der Waals surface area contributed by atoms with Crippen LogP contribution in [0.5, 0.6) is 0 Å². The van der Waals surface area contributed by atoms with Crippen molar-refractivity contribution in [2.75, 3.05) is 12.4 Å². The summed E-state index contributed by atoms with van der Waals surface area (Å²) >= 11 is 0. The summed E-state index contributed by atoms with van der Waals surface area (Å²) in [7, 11) is 1.76. The van der Waals surface area contributed by atoms with Crippen LogP contribution in [-0.4, -0.2) is 17.0 Å². The lowest BCUT2D eigenvalue weighted by Gasteiger charge is -1.99. The normalized spacial score (nSPS) is 8.82. The highest BCUT2D eigenvalue weighted by atomic mass is 15.0. The van der Waals surface area contributed by atoms with Gasteiger partial charge in [0.25, 0.3) is 0 Å². The summed E-state index contributed by atoms with van der Waals surface area (Å²) in [6, 6.07) is 1.95. The predicted molar refractivity (Wildman–Crippen MR) is 41.0 cm³/mol. The molecule has 11 heavy (non-hydrogen) atoms. The molecule has 0 aliphatic heterocycles. The molecular weight excluding hydrogens is 140 g/mol. The van der Waals surface area contributed by atoms with Crippen LogP contribution in [0.2, 0.25) is 0 Å². The van der Waals surface area contributed by atoms with Gasteiger partial charge in [-0.15, -0.1) is 0 Å². The number of aromatic nitrogens is 2. The maximum Gasteiger partial charge on any atom is 0.161 e. The van der Waals surface area contributed by atoms with Crippen molar-refractivity contribution in [3.8, 4) is 6.07 Å². The average Bonchev–Trinajstić information content (AvgIpc) is 2.04. The molecule has 0 bridgehead atoms. The van der Waals surface area contributed by atoms with Gasteiger partial charge in [0.2, 0.25) is 0 Å². The number of hydrogen-bond donors (Lipinski definition) is 1. The number of aryl methyl sites for hydroxylation is 1. The van der Waals surface area contributed by atoms with E-state index in [2.05, 4.69) is 15.3 Å². The first-order valence-corrected chi connectivity index (χ1v) is 3.19. The predicted octanol–water partition coefficient (Wildman–Crippen LogP) is 0.698. The Balaban J connectivity index is 3.12. The molecule has 0 amide bonds. The minimum atomic E-state index is 0.379. The first-order valence-electron chi connectivity index (χ1n) is 3.19. The molecule has 4 heteroatoms. The van der Waals surface area contributed by atoms with Gasteiger partial charge in [0.15, 0.2) is 5.69 Å². The molecule has 4 nitrogen and oxygen atoms in total. The van der Waals surface area contributed by atoms with Crippen molar-refractivity contribution in [2.24, 2.45) is 0 Å². The molecule has 0 spiro atoms. The summed E-state index contributed by atoms with van der Waals surface area (Å²) in [5.74, 6) is 0.682. The Kier molecular flexibility index (Phi) is 2.02. The summed E-state index contributed by atoms with van der Waals surface area (Å²) in [4.78, 5) is 7.95. The van der Waals surface area contributed by atoms with Gasteiger partial charge in [-0.3, -0.25) is 0 Å². The summed E-state index contributed by atoms with van der Waals surface area (Å²) in [6.07, 6.45) is 1.53. The van der Waals surface area contributed by atoms with Gasteiger partial charge in [-0.05, 0) is 6.92 Å². The van der Waals surface area contributed by atoms with E-state index in [1.165, 1.54) is 6.20 Å². The summed E-state index contributed by atoms with van der Waals surface area (Å²) in [5.41, 5.74) is 1.03. The fraction of sp³-hybridized carbons (Fsp3) is 0.286. The maximum atomic E-state index is 8.51. The SMILES string of the molecule is CNc1cnc(C#N)c(C)n1. The van der Waals surface area contributed by atoms with E-state index in [0.29, 0.717) is 17.2 Å². The number of rotatable bonds is 1. The van der Waals surface area contributed by atoms with E-state index < -0.39 is 0 Å². The molecule has 1 aromatic heterocycles. The van der Waals surface area contributed by atoms with Crippen LogP contribution in [-0.2, 0) is 0 Å².